The van der Waals surface area contributed by atoms with Gasteiger partial charge in [0.2, 0.25) is 11.8 Å². The molecule has 1 fully saturated rings. The average molecular weight is 258 g/mol. The molecule has 0 N–H and O–H groups in total. The highest BCUT2D eigenvalue weighted by Gasteiger charge is 2.28. The van der Waals surface area contributed by atoms with Crippen LogP contribution in [0.4, 0.5) is 0 Å². The number of rotatable bonds is 3. The minimum Gasteiger partial charge on any atom is -0.332 e. The Balaban J connectivity index is 2.09. The number of hydrogen-bond acceptors (Lipinski definition) is 4. The standard InChI is InChI=1S/C13H14N4O2/c1-2-16-8-13(19)17(9-12(16)18)7-10-3-4-15-11(5-10)6-14/h3-5H,2,7-9H2,1H3. The number of nitrogens with zero attached hydrogens (tertiary/aromatic N) is 4. The van der Waals surface area contributed by atoms with E-state index in [1.54, 1.807) is 12.1 Å². The number of likely N-dealkylation sites (N-methyl/N-ethyl adjacent to an activating group) is 1. The lowest BCUT2D eigenvalue weighted by Crippen LogP contribution is -2.53. The third-order valence-corrected chi connectivity index (χ3v) is 3.05. The summed E-state index contributed by atoms with van der Waals surface area (Å²) < 4.78 is 0. The van der Waals surface area contributed by atoms with Gasteiger partial charge in [0.05, 0.1) is 6.54 Å². The number of piperazine rings is 1. The van der Waals surface area contributed by atoms with Gasteiger partial charge >= 0.3 is 0 Å². The van der Waals surface area contributed by atoms with E-state index < -0.39 is 0 Å². The number of hydrogen-bond donors (Lipinski definition) is 0. The molecule has 6 heteroatoms. The zero-order valence-corrected chi connectivity index (χ0v) is 10.7. The van der Waals surface area contributed by atoms with Crippen LogP contribution in [0.2, 0.25) is 0 Å². The average Bonchev–Trinajstić information content (AvgIpc) is 2.42. The molecule has 2 amide bonds. The molecule has 19 heavy (non-hydrogen) atoms. The van der Waals surface area contributed by atoms with Gasteiger partial charge in [0.1, 0.15) is 18.3 Å². The van der Waals surface area contributed by atoms with Crippen molar-refractivity contribution in [1.29, 1.82) is 5.26 Å². The molecule has 1 saturated heterocycles. The molecule has 0 aromatic carbocycles. The second-order valence-electron chi connectivity index (χ2n) is 4.32. The van der Waals surface area contributed by atoms with Crippen LogP contribution >= 0.6 is 0 Å². The second-order valence-corrected chi connectivity index (χ2v) is 4.32. The molecule has 2 rings (SSSR count). The van der Waals surface area contributed by atoms with Crippen LogP contribution in [0.25, 0.3) is 0 Å². The maximum atomic E-state index is 11.9. The molecule has 1 aromatic heterocycles. The molecule has 0 aliphatic carbocycles. The molecular weight excluding hydrogens is 244 g/mol. The summed E-state index contributed by atoms with van der Waals surface area (Å²) in [5.74, 6) is -0.117. The highest BCUT2D eigenvalue weighted by atomic mass is 16.2. The van der Waals surface area contributed by atoms with E-state index in [0.29, 0.717) is 18.8 Å². The lowest BCUT2D eigenvalue weighted by atomic mass is 10.2. The summed E-state index contributed by atoms with van der Waals surface area (Å²) in [4.78, 5) is 30.6. The van der Waals surface area contributed by atoms with Crippen molar-refractivity contribution in [2.75, 3.05) is 19.6 Å². The van der Waals surface area contributed by atoms with E-state index in [0.717, 1.165) is 5.56 Å². The third-order valence-electron chi connectivity index (χ3n) is 3.05. The second kappa shape index (κ2) is 5.48. The molecule has 0 spiro atoms. The van der Waals surface area contributed by atoms with Crippen LogP contribution in [0.15, 0.2) is 18.3 Å². The lowest BCUT2D eigenvalue weighted by Gasteiger charge is -2.33. The SMILES string of the molecule is CCN1CC(=O)N(Cc2ccnc(C#N)c2)CC1=O. The molecule has 0 bridgehead atoms. The zero-order valence-electron chi connectivity index (χ0n) is 10.7. The molecule has 1 aliphatic rings. The first-order valence-corrected chi connectivity index (χ1v) is 6.04. The Bertz CT molecular complexity index is 550. The monoisotopic (exact) mass is 258 g/mol. The van der Waals surface area contributed by atoms with Gasteiger partial charge in [-0.25, -0.2) is 4.98 Å². The van der Waals surface area contributed by atoms with Crippen LogP contribution < -0.4 is 0 Å². The fraction of sp³-hybridized carbons (Fsp3) is 0.385. The number of carbonyl (C=O) groups is 2. The molecule has 0 saturated carbocycles. The van der Waals surface area contributed by atoms with Gasteiger partial charge in [0, 0.05) is 19.3 Å². The molecule has 0 unspecified atom stereocenters. The first-order valence-electron chi connectivity index (χ1n) is 6.04. The summed E-state index contributed by atoms with van der Waals surface area (Å²) in [5, 5.41) is 8.77. The maximum Gasteiger partial charge on any atom is 0.242 e. The van der Waals surface area contributed by atoms with Crippen LogP contribution in [0.1, 0.15) is 18.2 Å². The molecule has 1 aliphatic heterocycles. The number of amides is 2. The topological polar surface area (TPSA) is 77.3 Å². The first-order chi connectivity index (χ1) is 9.13. The molecule has 0 radical (unpaired) electrons. The van der Waals surface area contributed by atoms with Crippen molar-refractivity contribution in [2.24, 2.45) is 0 Å². The predicted molar refractivity (Wildman–Crippen MR) is 66.6 cm³/mol. The fourth-order valence-electron chi connectivity index (χ4n) is 1.99. The van der Waals surface area contributed by atoms with Crippen molar-refractivity contribution in [1.82, 2.24) is 14.8 Å². The van der Waals surface area contributed by atoms with Gasteiger partial charge in [-0.15, -0.1) is 0 Å². The highest BCUT2D eigenvalue weighted by Crippen LogP contribution is 2.10. The van der Waals surface area contributed by atoms with E-state index in [-0.39, 0.29) is 24.9 Å². The quantitative estimate of drug-likeness (QED) is 0.773. The highest BCUT2D eigenvalue weighted by molar-refractivity contribution is 5.92. The minimum absolute atomic E-state index is 0.0448. The summed E-state index contributed by atoms with van der Waals surface area (Å²) in [5.41, 5.74) is 1.11. The zero-order chi connectivity index (χ0) is 13.8. The molecule has 2 heterocycles. The van der Waals surface area contributed by atoms with Crippen molar-refractivity contribution >= 4 is 11.8 Å². The number of aromatic nitrogens is 1. The summed E-state index contributed by atoms with van der Waals surface area (Å²) in [6.45, 7) is 2.96. The molecule has 1 aromatic rings. The van der Waals surface area contributed by atoms with E-state index in [1.807, 2.05) is 13.0 Å². The van der Waals surface area contributed by atoms with E-state index in [2.05, 4.69) is 4.98 Å². The van der Waals surface area contributed by atoms with Gasteiger partial charge in [0.25, 0.3) is 0 Å². The summed E-state index contributed by atoms with van der Waals surface area (Å²) in [7, 11) is 0. The maximum absolute atomic E-state index is 11.9. The van der Waals surface area contributed by atoms with Crippen molar-refractivity contribution in [3.05, 3.63) is 29.6 Å². The van der Waals surface area contributed by atoms with Gasteiger partial charge in [-0.1, -0.05) is 0 Å². The van der Waals surface area contributed by atoms with E-state index in [1.165, 1.54) is 16.0 Å². The number of pyridine rings is 1. The van der Waals surface area contributed by atoms with Crippen LogP contribution in [0, 0.1) is 11.3 Å². The van der Waals surface area contributed by atoms with Gasteiger partial charge in [-0.05, 0) is 24.6 Å². The Hall–Kier alpha value is -2.42. The van der Waals surface area contributed by atoms with Crippen LogP contribution in [-0.2, 0) is 16.1 Å². The Kier molecular flexibility index (Phi) is 3.76. The fourth-order valence-corrected chi connectivity index (χ4v) is 1.99. The lowest BCUT2D eigenvalue weighted by molar-refractivity contribution is -0.150. The van der Waals surface area contributed by atoms with E-state index in [9.17, 15) is 9.59 Å². The number of nitriles is 1. The van der Waals surface area contributed by atoms with Gasteiger partial charge in [-0.2, -0.15) is 5.26 Å². The van der Waals surface area contributed by atoms with Gasteiger partial charge in [0.15, 0.2) is 0 Å². The summed E-state index contributed by atoms with van der Waals surface area (Å²) >= 11 is 0. The van der Waals surface area contributed by atoms with Gasteiger partial charge < -0.3 is 9.80 Å². The molecule has 6 nitrogen and oxygen atoms in total. The van der Waals surface area contributed by atoms with Crippen molar-refractivity contribution in [3.8, 4) is 6.07 Å². The van der Waals surface area contributed by atoms with E-state index in [4.69, 9.17) is 5.26 Å². The predicted octanol–water partition coefficient (Wildman–Crippen LogP) is 0.144. The number of carbonyl (C=O) groups excluding carboxylic acids is 2. The van der Waals surface area contributed by atoms with Crippen LogP contribution in [0.3, 0.4) is 0 Å². The Morgan fingerprint density at radius 1 is 1.32 bits per heavy atom. The first kappa shape index (κ1) is 13.0. The van der Waals surface area contributed by atoms with E-state index >= 15 is 0 Å². The smallest absolute Gasteiger partial charge is 0.242 e. The van der Waals surface area contributed by atoms with Gasteiger partial charge in [-0.3, -0.25) is 9.59 Å². The Morgan fingerprint density at radius 3 is 2.68 bits per heavy atom. The summed E-state index contributed by atoms with van der Waals surface area (Å²) in [6, 6.07) is 5.32. The van der Waals surface area contributed by atoms with Crippen molar-refractivity contribution in [3.63, 3.8) is 0 Å². The van der Waals surface area contributed by atoms with Crippen LogP contribution in [0.5, 0.6) is 0 Å². The Labute approximate surface area is 111 Å². The molecule has 98 valence electrons. The van der Waals surface area contributed by atoms with Crippen molar-refractivity contribution in [2.45, 2.75) is 13.5 Å². The normalized spacial score (nSPS) is 15.6. The van der Waals surface area contributed by atoms with Crippen LogP contribution in [-0.4, -0.2) is 46.2 Å². The molecular formula is C13H14N4O2. The summed E-state index contributed by atoms with van der Waals surface area (Å²) in [6.07, 6.45) is 1.53. The Morgan fingerprint density at radius 2 is 2.00 bits per heavy atom. The third kappa shape index (κ3) is 2.88. The molecule has 0 atom stereocenters. The largest absolute Gasteiger partial charge is 0.332 e. The minimum atomic E-state index is -0.0724. The van der Waals surface area contributed by atoms with Crippen molar-refractivity contribution < 1.29 is 9.59 Å².